The Hall–Kier alpha value is -1.57. The summed E-state index contributed by atoms with van der Waals surface area (Å²) in [4.78, 5) is 0. The molecule has 2 aliphatic heterocycles. The molecule has 2 heterocycles. The van der Waals surface area contributed by atoms with Crippen molar-refractivity contribution in [1.29, 1.82) is 0 Å². The van der Waals surface area contributed by atoms with Gasteiger partial charge in [0.15, 0.2) is 0 Å². The molecule has 0 aliphatic carbocycles. The molecule has 4 rings (SSSR count). The summed E-state index contributed by atoms with van der Waals surface area (Å²) in [5, 5.41) is 11.4. The molecule has 4 heteroatoms. The highest BCUT2D eigenvalue weighted by molar-refractivity contribution is 7.65. The maximum Gasteiger partial charge on any atom is 0.126 e. The third-order valence-corrected chi connectivity index (χ3v) is 7.03. The van der Waals surface area contributed by atoms with Gasteiger partial charge in [-0.1, -0.05) is 30.3 Å². The van der Waals surface area contributed by atoms with Crippen molar-refractivity contribution >= 4 is 19.2 Å². The van der Waals surface area contributed by atoms with Crippen molar-refractivity contribution < 1.29 is 5.11 Å². The SMILES string of the molecule is Oc1ccccc1[P@@]1N(c2ccccc2)C[C@@H]2CCCN21. The number of phenols is 1. The van der Waals surface area contributed by atoms with Crippen molar-refractivity contribution in [1.82, 2.24) is 4.67 Å². The van der Waals surface area contributed by atoms with Crippen molar-refractivity contribution in [2.45, 2.75) is 18.9 Å². The van der Waals surface area contributed by atoms with Gasteiger partial charge in [-0.2, -0.15) is 0 Å². The van der Waals surface area contributed by atoms with Gasteiger partial charge in [-0.05, 0) is 37.1 Å². The summed E-state index contributed by atoms with van der Waals surface area (Å²) in [6, 6.07) is 19.1. The zero-order chi connectivity index (χ0) is 14.2. The minimum Gasteiger partial charge on any atom is -0.507 e. The number of nitrogens with zero attached hydrogens (tertiary/aromatic N) is 2. The molecule has 1 N–H and O–H groups in total. The van der Waals surface area contributed by atoms with Gasteiger partial charge in [0.2, 0.25) is 0 Å². The van der Waals surface area contributed by atoms with Crippen LogP contribution in [-0.4, -0.2) is 28.9 Å². The number of aromatic hydroxyl groups is 1. The Kier molecular flexibility index (Phi) is 3.33. The minimum absolute atomic E-state index is 0.428. The van der Waals surface area contributed by atoms with Gasteiger partial charge in [0.1, 0.15) is 14.0 Å². The zero-order valence-corrected chi connectivity index (χ0v) is 12.8. The predicted molar refractivity (Wildman–Crippen MR) is 88.2 cm³/mol. The maximum absolute atomic E-state index is 10.3. The molecule has 21 heavy (non-hydrogen) atoms. The predicted octanol–water partition coefficient (Wildman–Crippen LogP) is 3.31. The fourth-order valence-corrected chi connectivity index (χ4v) is 6.22. The summed E-state index contributed by atoms with van der Waals surface area (Å²) < 4.78 is 5.10. The Bertz CT molecular complexity index is 634. The molecule has 2 fully saturated rings. The van der Waals surface area contributed by atoms with Crippen LogP contribution in [0.2, 0.25) is 0 Å². The first kappa shape index (κ1) is 13.1. The summed E-state index contributed by atoms with van der Waals surface area (Å²) in [5.74, 6) is 0.428. The molecule has 2 aliphatic rings. The number of rotatable bonds is 2. The fourth-order valence-electron chi connectivity index (χ4n) is 3.39. The van der Waals surface area contributed by atoms with E-state index in [1.54, 1.807) is 0 Å². The first-order valence-corrected chi connectivity index (χ1v) is 8.76. The van der Waals surface area contributed by atoms with E-state index in [-0.39, 0.29) is 0 Å². The molecule has 0 radical (unpaired) electrons. The number of phenolic OH excluding ortho intramolecular Hbond substituents is 1. The van der Waals surface area contributed by atoms with Crippen LogP contribution < -0.4 is 9.97 Å². The molecular weight excluding hydrogens is 279 g/mol. The summed E-state index contributed by atoms with van der Waals surface area (Å²) in [7, 11) is -0.624. The number of fused-ring (bicyclic) bond motifs is 1. The second-order valence-corrected chi connectivity index (χ2v) is 7.71. The van der Waals surface area contributed by atoms with Crippen LogP contribution in [0, 0.1) is 0 Å². The first-order chi connectivity index (χ1) is 10.3. The van der Waals surface area contributed by atoms with E-state index in [9.17, 15) is 5.11 Å². The molecule has 108 valence electrons. The van der Waals surface area contributed by atoms with Crippen LogP contribution in [-0.2, 0) is 0 Å². The van der Waals surface area contributed by atoms with Gasteiger partial charge in [-0.25, -0.2) is 0 Å². The Morgan fingerprint density at radius 2 is 1.76 bits per heavy atom. The molecule has 2 aromatic rings. The van der Waals surface area contributed by atoms with E-state index >= 15 is 0 Å². The number of benzene rings is 2. The number of anilines is 1. The number of para-hydroxylation sites is 2. The summed E-state index contributed by atoms with van der Waals surface area (Å²) in [5.41, 5.74) is 1.27. The van der Waals surface area contributed by atoms with Crippen LogP contribution in [0.5, 0.6) is 5.75 Å². The van der Waals surface area contributed by atoms with Crippen LogP contribution in [0.15, 0.2) is 54.6 Å². The molecule has 0 bridgehead atoms. The average molecular weight is 298 g/mol. The lowest BCUT2D eigenvalue weighted by atomic mass is 10.2. The molecule has 2 atom stereocenters. The molecule has 0 saturated carbocycles. The van der Waals surface area contributed by atoms with Gasteiger partial charge in [0, 0.05) is 24.8 Å². The third kappa shape index (κ3) is 2.21. The highest BCUT2D eigenvalue weighted by Crippen LogP contribution is 2.56. The fraction of sp³-hybridized carbons (Fsp3) is 0.294. The topological polar surface area (TPSA) is 26.7 Å². The van der Waals surface area contributed by atoms with Crippen molar-refractivity contribution in [2.75, 3.05) is 17.8 Å². The number of hydrogen-bond donors (Lipinski definition) is 1. The first-order valence-electron chi connectivity index (χ1n) is 7.52. The van der Waals surface area contributed by atoms with Crippen LogP contribution >= 0.6 is 8.22 Å². The molecule has 3 nitrogen and oxygen atoms in total. The van der Waals surface area contributed by atoms with Crippen LogP contribution in [0.3, 0.4) is 0 Å². The Balaban J connectivity index is 1.78. The lowest BCUT2D eigenvalue weighted by Gasteiger charge is -2.31. The molecular formula is C17H19N2OP. The Morgan fingerprint density at radius 3 is 2.57 bits per heavy atom. The molecule has 0 aromatic heterocycles. The quantitative estimate of drug-likeness (QED) is 0.862. The molecule has 0 amide bonds. The molecule has 0 spiro atoms. The van der Waals surface area contributed by atoms with E-state index < -0.39 is 8.22 Å². The molecule has 2 aromatic carbocycles. The van der Waals surface area contributed by atoms with Gasteiger partial charge in [0.05, 0.1) is 5.30 Å². The van der Waals surface area contributed by atoms with E-state index in [2.05, 4.69) is 45.7 Å². The van der Waals surface area contributed by atoms with Gasteiger partial charge in [-0.15, -0.1) is 0 Å². The van der Waals surface area contributed by atoms with E-state index in [1.165, 1.54) is 18.5 Å². The monoisotopic (exact) mass is 298 g/mol. The Labute approximate surface area is 126 Å². The summed E-state index contributed by atoms with van der Waals surface area (Å²) in [6.07, 6.45) is 2.55. The third-order valence-electron chi connectivity index (χ3n) is 4.35. The molecule has 2 saturated heterocycles. The van der Waals surface area contributed by atoms with Crippen molar-refractivity contribution in [3.63, 3.8) is 0 Å². The lowest BCUT2D eigenvalue weighted by molar-refractivity contribution is 0.464. The standard InChI is InChI=1S/C17H19N2OP/c20-16-10-4-5-11-17(16)21-18-12-6-9-15(18)13-19(21)14-7-2-1-3-8-14/h1-5,7-8,10-11,15,20H,6,9,12-13H2/t15-,21+/m0/s1. The normalized spacial score (nSPS) is 25.2. The summed E-state index contributed by atoms with van der Waals surface area (Å²) in [6.45, 7) is 2.22. The van der Waals surface area contributed by atoms with Crippen LogP contribution in [0.4, 0.5) is 5.69 Å². The van der Waals surface area contributed by atoms with E-state index in [4.69, 9.17) is 0 Å². The second-order valence-electron chi connectivity index (χ2n) is 5.65. The van der Waals surface area contributed by atoms with Gasteiger partial charge in [0.25, 0.3) is 0 Å². The Morgan fingerprint density at radius 1 is 1.00 bits per heavy atom. The maximum atomic E-state index is 10.3. The zero-order valence-electron chi connectivity index (χ0n) is 11.9. The van der Waals surface area contributed by atoms with E-state index in [1.807, 2.05) is 18.2 Å². The van der Waals surface area contributed by atoms with Crippen LogP contribution in [0.25, 0.3) is 0 Å². The largest absolute Gasteiger partial charge is 0.507 e. The number of hydrogen-bond acceptors (Lipinski definition) is 3. The lowest BCUT2D eigenvalue weighted by Crippen LogP contribution is -2.23. The summed E-state index contributed by atoms with van der Waals surface area (Å²) >= 11 is 0. The van der Waals surface area contributed by atoms with Gasteiger partial charge in [-0.3, -0.25) is 4.67 Å². The van der Waals surface area contributed by atoms with Crippen LogP contribution in [0.1, 0.15) is 12.8 Å². The van der Waals surface area contributed by atoms with Gasteiger partial charge >= 0.3 is 0 Å². The van der Waals surface area contributed by atoms with Crippen molar-refractivity contribution in [3.8, 4) is 5.75 Å². The van der Waals surface area contributed by atoms with E-state index in [0.717, 1.165) is 18.4 Å². The van der Waals surface area contributed by atoms with Crippen molar-refractivity contribution in [3.05, 3.63) is 54.6 Å². The second kappa shape index (κ2) is 5.32. The van der Waals surface area contributed by atoms with Gasteiger partial charge < -0.3 is 9.78 Å². The van der Waals surface area contributed by atoms with Crippen molar-refractivity contribution in [2.24, 2.45) is 0 Å². The smallest absolute Gasteiger partial charge is 0.126 e. The highest BCUT2D eigenvalue weighted by atomic mass is 31.1. The highest BCUT2D eigenvalue weighted by Gasteiger charge is 2.44. The minimum atomic E-state index is -0.624. The van der Waals surface area contributed by atoms with E-state index in [0.29, 0.717) is 11.8 Å². The molecule has 0 unspecified atom stereocenters. The average Bonchev–Trinajstić information content (AvgIpc) is 3.10.